The van der Waals surface area contributed by atoms with Crippen LogP contribution in [0.15, 0.2) is 54.6 Å². The number of pyridine rings is 1. The molecule has 2 aromatic carbocycles. The molecule has 3 amide bonds. The zero-order valence-corrected chi connectivity index (χ0v) is 14.4. The first-order valence-electron chi connectivity index (χ1n) is 7.94. The van der Waals surface area contributed by atoms with Gasteiger partial charge in [-0.05, 0) is 48.5 Å². The molecule has 7 heteroatoms. The Morgan fingerprint density at radius 2 is 1.62 bits per heavy atom. The van der Waals surface area contributed by atoms with Gasteiger partial charge in [0.15, 0.2) is 0 Å². The van der Waals surface area contributed by atoms with Gasteiger partial charge in [0.2, 0.25) is 0 Å². The largest absolute Gasteiger partial charge is 0.497 e. The van der Waals surface area contributed by atoms with Crippen LogP contribution >= 0.6 is 0 Å². The van der Waals surface area contributed by atoms with E-state index in [0.717, 1.165) is 11.1 Å². The smallest absolute Gasteiger partial charge is 0.318 e. The molecule has 26 heavy (non-hydrogen) atoms. The zero-order chi connectivity index (χ0) is 18.5. The quantitative estimate of drug-likeness (QED) is 0.673. The number of nitrogens with one attached hydrogen (secondary N) is 3. The summed E-state index contributed by atoms with van der Waals surface area (Å²) in [6.45, 7) is 0. The van der Waals surface area contributed by atoms with E-state index in [-0.39, 0.29) is 11.9 Å². The first-order valence-corrected chi connectivity index (χ1v) is 7.94. The van der Waals surface area contributed by atoms with Gasteiger partial charge in [-0.25, -0.2) is 9.78 Å². The molecule has 1 heterocycles. The summed E-state index contributed by atoms with van der Waals surface area (Å²) in [6.07, 6.45) is 0. The van der Waals surface area contributed by atoms with Gasteiger partial charge in [-0.3, -0.25) is 4.79 Å². The Morgan fingerprint density at radius 1 is 0.923 bits per heavy atom. The Labute approximate surface area is 150 Å². The van der Waals surface area contributed by atoms with Crippen molar-refractivity contribution in [2.45, 2.75) is 0 Å². The number of urea groups is 1. The summed E-state index contributed by atoms with van der Waals surface area (Å²) in [7, 11) is 3.14. The van der Waals surface area contributed by atoms with Gasteiger partial charge in [0.1, 0.15) is 11.4 Å². The van der Waals surface area contributed by atoms with Gasteiger partial charge >= 0.3 is 6.03 Å². The average molecular weight is 350 g/mol. The van der Waals surface area contributed by atoms with Gasteiger partial charge < -0.3 is 20.7 Å². The maximum atomic E-state index is 12.4. The predicted octanol–water partition coefficient (Wildman–Crippen LogP) is 3.25. The zero-order valence-electron chi connectivity index (χ0n) is 14.4. The van der Waals surface area contributed by atoms with Crippen molar-refractivity contribution in [3.8, 4) is 5.75 Å². The number of amides is 3. The molecule has 7 nitrogen and oxygen atoms in total. The van der Waals surface area contributed by atoms with Crippen molar-refractivity contribution in [2.75, 3.05) is 24.8 Å². The van der Waals surface area contributed by atoms with E-state index in [1.165, 1.54) is 7.05 Å². The van der Waals surface area contributed by atoms with Crippen LogP contribution in [0.4, 0.5) is 16.2 Å². The van der Waals surface area contributed by atoms with Crippen molar-refractivity contribution in [2.24, 2.45) is 0 Å². The Kier molecular flexibility index (Phi) is 4.98. The predicted molar refractivity (Wildman–Crippen MR) is 101 cm³/mol. The number of anilines is 2. The number of hydrogen-bond acceptors (Lipinski definition) is 4. The van der Waals surface area contributed by atoms with Crippen LogP contribution in [0.2, 0.25) is 0 Å². The maximum Gasteiger partial charge on any atom is 0.318 e. The Bertz CT molecular complexity index is 955. The fourth-order valence-corrected chi connectivity index (χ4v) is 2.38. The average Bonchev–Trinajstić information content (AvgIpc) is 2.68. The molecule has 0 saturated heterocycles. The van der Waals surface area contributed by atoms with E-state index in [4.69, 9.17) is 4.74 Å². The minimum Gasteiger partial charge on any atom is -0.497 e. The molecule has 0 aliphatic carbocycles. The van der Waals surface area contributed by atoms with Crippen LogP contribution in [0.5, 0.6) is 5.75 Å². The van der Waals surface area contributed by atoms with Crippen molar-refractivity contribution >= 4 is 34.2 Å². The van der Waals surface area contributed by atoms with Gasteiger partial charge in [-0.15, -0.1) is 0 Å². The van der Waals surface area contributed by atoms with E-state index >= 15 is 0 Å². The van der Waals surface area contributed by atoms with Crippen molar-refractivity contribution in [1.29, 1.82) is 0 Å². The molecule has 132 valence electrons. The number of benzene rings is 2. The van der Waals surface area contributed by atoms with E-state index in [1.807, 2.05) is 18.2 Å². The van der Waals surface area contributed by atoms with Gasteiger partial charge in [0.05, 0.1) is 12.6 Å². The number of carbonyl (C=O) groups excluding carboxylic acids is 2. The van der Waals surface area contributed by atoms with E-state index in [9.17, 15) is 9.59 Å². The summed E-state index contributed by atoms with van der Waals surface area (Å²) >= 11 is 0. The topological polar surface area (TPSA) is 92.4 Å². The third kappa shape index (κ3) is 3.89. The highest BCUT2D eigenvalue weighted by Crippen LogP contribution is 2.20. The minimum atomic E-state index is -0.310. The number of carbonyl (C=O) groups is 2. The molecule has 0 fully saturated rings. The van der Waals surface area contributed by atoms with Crippen LogP contribution in [0, 0.1) is 0 Å². The molecule has 3 rings (SSSR count). The molecule has 0 unspecified atom stereocenters. The fourth-order valence-electron chi connectivity index (χ4n) is 2.38. The van der Waals surface area contributed by atoms with Gasteiger partial charge in [-0.1, -0.05) is 6.07 Å². The summed E-state index contributed by atoms with van der Waals surface area (Å²) in [5.41, 5.74) is 2.26. The third-order valence-corrected chi connectivity index (χ3v) is 3.76. The lowest BCUT2D eigenvalue weighted by Gasteiger charge is -2.08. The molecule has 3 N–H and O–H groups in total. The molecule has 0 saturated carbocycles. The molecule has 0 atom stereocenters. The highest BCUT2D eigenvalue weighted by atomic mass is 16.5. The Balaban J connectivity index is 1.73. The summed E-state index contributed by atoms with van der Waals surface area (Å²) < 4.78 is 5.18. The highest BCUT2D eigenvalue weighted by molar-refractivity contribution is 6.04. The normalized spacial score (nSPS) is 10.2. The lowest BCUT2D eigenvalue weighted by atomic mass is 10.2. The number of hydrogen-bond donors (Lipinski definition) is 3. The minimum absolute atomic E-state index is 0.307. The molecular weight excluding hydrogens is 332 g/mol. The molecule has 0 bridgehead atoms. The van der Waals surface area contributed by atoms with Gasteiger partial charge in [0.25, 0.3) is 5.91 Å². The van der Waals surface area contributed by atoms with Crippen molar-refractivity contribution < 1.29 is 14.3 Å². The van der Waals surface area contributed by atoms with Crippen molar-refractivity contribution in [3.05, 3.63) is 60.3 Å². The van der Waals surface area contributed by atoms with Crippen LogP contribution in [0.1, 0.15) is 10.5 Å². The summed E-state index contributed by atoms with van der Waals surface area (Å²) in [5.74, 6) is 0.427. The fraction of sp³-hybridized carbons (Fsp3) is 0.105. The number of ether oxygens (including phenoxy) is 1. The van der Waals surface area contributed by atoms with E-state index in [1.54, 1.807) is 43.5 Å². The second-order valence-electron chi connectivity index (χ2n) is 5.49. The van der Waals surface area contributed by atoms with E-state index in [0.29, 0.717) is 22.6 Å². The molecule has 3 aromatic rings. The molecule has 0 aliphatic rings. The number of nitrogens with zero attached hydrogens (tertiary/aromatic N) is 1. The third-order valence-electron chi connectivity index (χ3n) is 3.76. The van der Waals surface area contributed by atoms with Gasteiger partial charge in [-0.2, -0.15) is 0 Å². The number of fused-ring (bicyclic) bond motifs is 1. The molecule has 0 spiro atoms. The van der Waals surface area contributed by atoms with E-state index in [2.05, 4.69) is 20.9 Å². The molecule has 0 radical (unpaired) electrons. The van der Waals surface area contributed by atoms with Crippen LogP contribution in [0.3, 0.4) is 0 Å². The van der Waals surface area contributed by atoms with E-state index < -0.39 is 0 Å². The number of methoxy groups -OCH3 is 1. The number of rotatable bonds is 4. The summed E-state index contributed by atoms with van der Waals surface area (Å²) in [5, 5.41) is 8.80. The second kappa shape index (κ2) is 7.52. The van der Waals surface area contributed by atoms with Crippen LogP contribution in [0.25, 0.3) is 10.9 Å². The summed E-state index contributed by atoms with van der Waals surface area (Å²) in [6, 6.07) is 15.5. The van der Waals surface area contributed by atoms with Crippen molar-refractivity contribution in [3.63, 3.8) is 0 Å². The lowest BCUT2D eigenvalue weighted by Crippen LogP contribution is -2.24. The highest BCUT2D eigenvalue weighted by Gasteiger charge is 2.09. The standard InChI is InChI=1S/C19H18N4O3/c1-20-19(25)22-14-6-4-13(5-7-14)21-18(24)17-9-3-12-11-15(26-2)8-10-16(12)23-17/h3-11H,1-2H3,(H,21,24)(H2,20,22,25). The first kappa shape index (κ1) is 17.2. The van der Waals surface area contributed by atoms with Crippen LogP contribution < -0.4 is 20.7 Å². The van der Waals surface area contributed by atoms with Crippen LogP contribution in [-0.4, -0.2) is 31.1 Å². The van der Waals surface area contributed by atoms with Crippen LogP contribution in [-0.2, 0) is 0 Å². The number of aromatic nitrogens is 1. The Morgan fingerprint density at radius 3 is 2.27 bits per heavy atom. The maximum absolute atomic E-state index is 12.4. The SMILES string of the molecule is CNC(=O)Nc1ccc(NC(=O)c2ccc3cc(OC)ccc3n2)cc1. The lowest BCUT2D eigenvalue weighted by molar-refractivity contribution is 0.102. The Hall–Kier alpha value is -3.61. The second-order valence-corrected chi connectivity index (χ2v) is 5.49. The monoisotopic (exact) mass is 350 g/mol. The van der Waals surface area contributed by atoms with Gasteiger partial charge in [0, 0.05) is 23.8 Å². The van der Waals surface area contributed by atoms with Crippen molar-refractivity contribution in [1.82, 2.24) is 10.3 Å². The molecule has 0 aliphatic heterocycles. The summed E-state index contributed by atoms with van der Waals surface area (Å²) in [4.78, 5) is 28.1. The molecular formula is C19H18N4O3. The molecule has 1 aromatic heterocycles. The first-order chi connectivity index (χ1) is 12.6.